The molecule has 3 aromatic rings. The minimum absolute atomic E-state index is 0.0182. The highest BCUT2D eigenvalue weighted by Gasteiger charge is 2.13. The van der Waals surface area contributed by atoms with Gasteiger partial charge in [0.1, 0.15) is 17.3 Å². The van der Waals surface area contributed by atoms with E-state index in [0.717, 1.165) is 5.56 Å². The van der Waals surface area contributed by atoms with Crippen LogP contribution < -0.4 is 10.2 Å². The van der Waals surface area contributed by atoms with E-state index >= 15 is 0 Å². The Morgan fingerprint density at radius 2 is 1.68 bits per heavy atom. The Kier molecular flexibility index (Phi) is 5.79. The quantitative estimate of drug-likeness (QED) is 0.663. The fourth-order valence-corrected chi connectivity index (χ4v) is 2.79. The molecule has 142 valence electrons. The largest absolute Gasteiger partial charge is 0.355 e. The molecule has 0 unspecified atom stereocenters. The number of nitrogens with zero attached hydrogens (tertiary/aromatic N) is 3. The average Bonchev–Trinajstić information content (AvgIpc) is 2.68. The van der Waals surface area contributed by atoms with E-state index in [9.17, 15) is 9.59 Å². The molecule has 6 nitrogen and oxygen atoms in total. The predicted octanol–water partition coefficient (Wildman–Crippen LogP) is 3.88. The second-order valence-corrected chi connectivity index (χ2v) is 6.59. The summed E-state index contributed by atoms with van der Waals surface area (Å²) in [5.74, 6) is 0.855. The second kappa shape index (κ2) is 8.43. The monoisotopic (exact) mass is 374 g/mol. The Bertz CT molecular complexity index is 985. The molecule has 3 rings (SSSR count). The fraction of sp³-hybridized carbons (Fsp3) is 0.182. The Hall–Kier alpha value is -3.54. The molecule has 1 aromatic heterocycles. The Balaban J connectivity index is 1.76. The number of Topliss-reactive ketones (excluding diaryl/α,β-unsaturated/α-hetero) is 1. The van der Waals surface area contributed by atoms with Gasteiger partial charge in [0.2, 0.25) is 0 Å². The van der Waals surface area contributed by atoms with Crippen molar-refractivity contribution in [1.29, 1.82) is 0 Å². The number of aromatic nitrogens is 2. The lowest BCUT2D eigenvalue weighted by Gasteiger charge is -2.19. The normalized spacial score (nSPS) is 10.4. The molecule has 1 heterocycles. The van der Waals surface area contributed by atoms with E-state index in [-0.39, 0.29) is 17.4 Å². The number of benzene rings is 2. The number of ketones is 1. The number of hydrogen-bond donors (Lipinski definition) is 1. The van der Waals surface area contributed by atoms with E-state index in [1.807, 2.05) is 42.3 Å². The highest BCUT2D eigenvalue weighted by atomic mass is 16.2. The minimum atomic E-state index is -0.324. The molecule has 0 radical (unpaired) electrons. The Morgan fingerprint density at radius 1 is 1.00 bits per heavy atom. The number of rotatable bonds is 6. The summed E-state index contributed by atoms with van der Waals surface area (Å²) in [4.78, 5) is 34.7. The number of nitrogens with one attached hydrogen (secondary N) is 1. The third-order valence-corrected chi connectivity index (χ3v) is 4.26. The highest BCUT2D eigenvalue weighted by molar-refractivity contribution is 6.03. The lowest BCUT2D eigenvalue weighted by atomic mass is 10.1. The summed E-state index contributed by atoms with van der Waals surface area (Å²) in [6.45, 7) is 3.94. The SMILES string of the molecule is CC(=O)c1ccc(NC(=O)c2cc(N(C)Cc3ccccc3)nc(C)n2)cc1. The maximum absolute atomic E-state index is 12.6. The maximum atomic E-state index is 12.6. The lowest BCUT2D eigenvalue weighted by molar-refractivity contribution is 0.101. The van der Waals surface area contributed by atoms with Crippen molar-refractivity contribution in [2.75, 3.05) is 17.3 Å². The zero-order valence-electron chi connectivity index (χ0n) is 16.1. The summed E-state index contributed by atoms with van der Waals surface area (Å²) in [7, 11) is 1.93. The van der Waals surface area contributed by atoms with Crippen LogP contribution in [0.25, 0.3) is 0 Å². The van der Waals surface area contributed by atoms with Crippen LogP contribution in [0.2, 0.25) is 0 Å². The maximum Gasteiger partial charge on any atom is 0.274 e. The summed E-state index contributed by atoms with van der Waals surface area (Å²) >= 11 is 0. The molecular weight excluding hydrogens is 352 g/mol. The minimum Gasteiger partial charge on any atom is -0.355 e. The number of anilines is 2. The molecule has 1 amide bonds. The standard InChI is InChI=1S/C22H22N4O2/c1-15(27)18-9-11-19(12-10-18)25-22(28)20-13-21(24-16(2)23-20)26(3)14-17-7-5-4-6-8-17/h4-13H,14H2,1-3H3,(H,25,28). The van der Waals surface area contributed by atoms with Gasteiger partial charge >= 0.3 is 0 Å². The van der Waals surface area contributed by atoms with E-state index in [0.29, 0.717) is 29.4 Å². The summed E-state index contributed by atoms with van der Waals surface area (Å²) in [5, 5.41) is 2.81. The molecule has 0 bridgehead atoms. The molecule has 0 fully saturated rings. The van der Waals surface area contributed by atoms with E-state index < -0.39 is 0 Å². The summed E-state index contributed by atoms with van der Waals surface area (Å²) in [5.41, 5.74) is 2.64. The molecule has 0 aliphatic carbocycles. The van der Waals surface area contributed by atoms with Crippen molar-refractivity contribution in [3.05, 3.63) is 83.3 Å². The van der Waals surface area contributed by atoms with Gasteiger partial charge in [-0.2, -0.15) is 0 Å². The van der Waals surface area contributed by atoms with Gasteiger partial charge in [0, 0.05) is 30.9 Å². The van der Waals surface area contributed by atoms with Gasteiger partial charge in [-0.25, -0.2) is 9.97 Å². The van der Waals surface area contributed by atoms with Crippen LogP contribution >= 0.6 is 0 Å². The Morgan fingerprint density at radius 3 is 2.32 bits per heavy atom. The summed E-state index contributed by atoms with van der Waals surface area (Å²) < 4.78 is 0. The van der Waals surface area contributed by atoms with Gasteiger partial charge in [-0.1, -0.05) is 30.3 Å². The fourth-order valence-electron chi connectivity index (χ4n) is 2.79. The number of carbonyl (C=O) groups is 2. The predicted molar refractivity (Wildman–Crippen MR) is 110 cm³/mol. The van der Waals surface area contributed by atoms with Gasteiger partial charge in [0.15, 0.2) is 5.78 Å². The van der Waals surface area contributed by atoms with E-state index in [2.05, 4.69) is 15.3 Å². The number of carbonyl (C=O) groups excluding carboxylic acids is 2. The highest BCUT2D eigenvalue weighted by Crippen LogP contribution is 2.16. The summed E-state index contributed by atoms with van der Waals surface area (Å²) in [6, 6.07) is 18.5. The third kappa shape index (κ3) is 4.79. The van der Waals surface area contributed by atoms with Gasteiger partial charge in [0.05, 0.1) is 0 Å². The first-order valence-corrected chi connectivity index (χ1v) is 8.95. The summed E-state index contributed by atoms with van der Waals surface area (Å²) in [6.07, 6.45) is 0. The smallest absolute Gasteiger partial charge is 0.274 e. The van der Waals surface area contributed by atoms with Gasteiger partial charge in [0.25, 0.3) is 5.91 Å². The molecule has 0 aliphatic rings. The van der Waals surface area contributed by atoms with Crippen molar-refractivity contribution in [3.63, 3.8) is 0 Å². The van der Waals surface area contributed by atoms with Crippen LogP contribution in [-0.4, -0.2) is 28.7 Å². The van der Waals surface area contributed by atoms with Crippen LogP contribution in [0, 0.1) is 6.92 Å². The molecule has 6 heteroatoms. The first-order valence-electron chi connectivity index (χ1n) is 8.95. The van der Waals surface area contributed by atoms with Crippen molar-refractivity contribution in [3.8, 4) is 0 Å². The molecule has 28 heavy (non-hydrogen) atoms. The molecule has 0 saturated carbocycles. The van der Waals surface area contributed by atoms with Crippen molar-refractivity contribution in [2.45, 2.75) is 20.4 Å². The van der Waals surface area contributed by atoms with Crippen LogP contribution in [0.15, 0.2) is 60.7 Å². The van der Waals surface area contributed by atoms with Crippen LogP contribution in [0.5, 0.6) is 0 Å². The van der Waals surface area contributed by atoms with Crippen LogP contribution in [0.3, 0.4) is 0 Å². The molecule has 0 atom stereocenters. The van der Waals surface area contributed by atoms with Crippen LogP contribution in [-0.2, 0) is 6.54 Å². The third-order valence-electron chi connectivity index (χ3n) is 4.26. The van der Waals surface area contributed by atoms with Crippen molar-refractivity contribution in [1.82, 2.24) is 9.97 Å². The first kappa shape index (κ1) is 19.2. The van der Waals surface area contributed by atoms with Crippen molar-refractivity contribution >= 4 is 23.2 Å². The molecular formula is C22H22N4O2. The molecule has 1 N–H and O–H groups in total. The van der Waals surface area contributed by atoms with Crippen molar-refractivity contribution in [2.24, 2.45) is 0 Å². The zero-order chi connectivity index (χ0) is 20.1. The molecule has 0 saturated heterocycles. The van der Waals surface area contributed by atoms with Gasteiger partial charge in [-0.15, -0.1) is 0 Å². The van der Waals surface area contributed by atoms with Crippen LogP contribution in [0.1, 0.15) is 39.2 Å². The van der Waals surface area contributed by atoms with E-state index in [1.165, 1.54) is 6.92 Å². The van der Waals surface area contributed by atoms with E-state index in [1.54, 1.807) is 37.3 Å². The molecule has 2 aromatic carbocycles. The lowest BCUT2D eigenvalue weighted by Crippen LogP contribution is -2.21. The first-order chi connectivity index (χ1) is 13.4. The second-order valence-electron chi connectivity index (χ2n) is 6.59. The van der Waals surface area contributed by atoms with E-state index in [4.69, 9.17) is 0 Å². The topological polar surface area (TPSA) is 75.2 Å². The number of amides is 1. The molecule has 0 spiro atoms. The molecule has 0 aliphatic heterocycles. The number of hydrogen-bond acceptors (Lipinski definition) is 5. The Labute approximate surface area is 164 Å². The van der Waals surface area contributed by atoms with Gasteiger partial charge in [-0.05, 0) is 43.7 Å². The van der Waals surface area contributed by atoms with Crippen LogP contribution in [0.4, 0.5) is 11.5 Å². The zero-order valence-corrected chi connectivity index (χ0v) is 16.1. The van der Waals surface area contributed by atoms with Crippen molar-refractivity contribution < 1.29 is 9.59 Å². The number of aryl methyl sites for hydroxylation is 1. The van der Waals surface area contributed by atoms with Gasteiger partial charge in [-0.3, -0.25) is 9.59 Å². The van der Waals surface area contributed by atoms with Gasteiger partial charge < -0.3 is 10.2 Å². The average molecular weight is 374 g/mol.